The molecule has 3 aromatic rings. The molecule has 0 aliphatic carbocycles. The van der Waals surface area contributed by atoms with Crippen LogP contribution in [0.25, 0.3) is 5.69 Å². The van der Waals surface area contributed by atoms with Crippen LogP contribution in [-0.2, 0) is 11.3 Å². The van der Waals surface area contributed by atoms with Crippen LogP contribution in [0.15, 0.2) is 41.6 Å². The molecule has 0 unspecified atom stereocenters. The lowest BCUT2D eigenvalue weighted by molar-refractivity contribution is -0.127. The molecule has 0 radical (unpaired) electrons. The van der Waals surface area contributed by atoms with Crippen LogP contribution < -0.4 is 0 Å². The summed E-state index contributed by atoms with van der Waals surface area (Å²) in [5, 5.41) is 12.6. The summed E-state index contributed by atoms with van der Waals surface area (Å²) in [5.41, 5.74) is 3.28. The molecule has 2 aromatic carbocycles. The number of aromatic nitrogens is 4. The van der Waals surface area contributed by atoms with Gasteiger partial charge in [0.1, 0.15) is 5.82 Å². The summed E-state index contributed by atoms with van der Waals surface area (Å²) in [6.45, 7) is 4.06. The molecular weight excluding hydrogens is 401 g/mol. The Hall–Kier alpha value is -2.45. The molecule has 0 atom stereocenters. The van der Waals surface area contributed by atoms with E-state index in [4.69, 9.17) is 11.6 Å². The number of hydrogen-bond acceptors (Lipinski definition) is 5. The van der Waals surface area contributed by atoms with E-state index in [2.05, 4.69) is 15.5 Å². The molecule has 0 fully saturated rings. The van der Waals surface area contributed by atoms with Crippen molar-refractivity contribution in [2.45, 2.75) is 25.5 Å². The van der Waals surface area contributed by atoms with E-state index in [1.807, 2.05) is 32.0 Å². The number of nitrogens with zero attached hydrogens (tertiary/aromatic N) is 5. The van der Waals surface area contributed by atoms with Gasteiger partial charge in [0.15, 0.2) is 0 Å². The molecule has 146 valence electrons. The first-order chi connectivity index (χ1) is 13.4. The van der Waals surface area contributed by atoms with Crippen molar-refractivity contribution in [3.05, 3.63) is 63.9 Å². The average molecular weight is 420 g/mol. The summed E-state index contributed by atoms with van der Waals surface area (Å²) in [5.74, 6) is -0.494. The zero-order valence-corrected chi connectivity index (χ0v) is 17.3. The number of halogens is 2. The van der Waals surface area contributed by atoms with Gasteiger partial charge in [-0.2, -0.15) is 4.68 Å². The Bertz CT molecular complexity index is 989. The van der Waals surface area contributed by atoms with E-state index in [1.54, 1.807) is 17.8 Å². The second-order valence-corrected chi connectivity index (χ2v) is 7.75. The third-order valence-electron chi connectivity index (χ3n) is 4.24. The van der Waals surface area contributed by atoms with Gasteiger partial charge in [-0.3, -0.25) is 4.79 Å². The van der Waals surface area contributed by atoms with E-state index >= 15 is 0 Å². The monoisotopic (exact) mass is 419 g/mol. The molecule has 0 saturated heterocycles. The largest absolute Gasteiger partial charge is 0.341 e. The number of carbonyl (C=O) groups excluding carboxylic acids is 1. The van der Waals surface area contributed by atoms with Crippen LogP contribution in [-0.4, -0.2) is 43.8 Å². The Morgan fingerprint density at radius 3 is 2.82 bits per heavy atom. The molecular formula is C19H19ClFN5OS. The van der Waals surface area contributed by atoms with Crippen LogP contribution in [0.3, 0.4) is 0 Å². The van der Waals surface area contributed by atoms with Crippen LogP contribution in [0.2, 0.25) is 5.02 Å². The number of hydrogen-bond donors (Lipinski definition) is 0. The van der Waals surface area contributed by atoms with Gasteiger partial charge in [0, 0.05) is 24.2 Å². The fraction of sp³-hybridized carbons (Fsp3) is 0.263. The SMILES string of the molecule is Cc1ccc(C)c(-n2nnnc2SCC(=O)N(C)Cc2c(F)cccc2Cl)c1. The Balaban J connectivity index is 1.69. The maximum Gasteiger partial charge on any atom is 0.233 e. The summed E-state index contributed by atoms with van der Waals surface area (Å²) < 4.78 is 15.6. The Morgan fingerprint density at radius 1 is 1.29 bits per heavy atom. The minimum Gasteiger partial charge on any atom is -0.341 e. The minimum atomic E-state index is -0.432. The Kier molecular flexibility index (Phi) is 6.31. The summed E-state index contributed by atoms with van der Waals surface area (Å²) in [4.78, 5) is 13.9. The van der Waals surface area contributed by atoms with Crippen LogP contribution in [0.4, 0.5) is 4.39 Å². The smallest absolute Gasteiger partial charge is 0.233 e. The van der Waals surface area contributed by atoms with Crippen molar-refractivity contribution in [1.82, 2.24) is 25.1 Å². The predicted molar refractivity (Wildman–Crippen MR) is 107 cm³/mol. The Labute approximate surface area is 171 Å². The van der Waals surface area contributed by atoms with Gasteiger partial charge in [0.25, 0.3) is 0 Å². The number of carbonyl (C=O) groups is 1. The molecule has 3 rings (SSSR count). The van der Waals surface area contributed by atoms with Crippen molar-refractivity contribution in [2.75, 3.05) is 12.8 Å². The lowest BCUT2D eigenvalue weighted by Crippen LogP contribution is -2.28. The first-order valence-electron chi connectivity index (χ1n) is 8.52. The number of tetrazole rings is 1. The van der Waals surface area contributed by atoms with Crippen molar-refractivity contribution < 1.29 is 9.18 Å². The van der Waals surface area contributed by atoms with E-state index in [0.29, 0.717) is 15.7 Å². The second-order valence-electron chi connectivity index (χ2n) is 6.40. The van der Waals surface area contributed by atoms with Crippen molar-refractivity contribution >= 4 is 29.3 Å². The Morgan fingerprint density at radius 2 is 2.07 bits per heavy atom. The van der Waals surface area contributed by atoms with Crippen LogP contribution in [0, 0.1) is 19.7 Å². The summed E-state index contributed by atoms with van der Waals surface area (Å²) >= 11 is 7.27. The fourth-order valence-electron chi connectivity index (χ4n) is 2.61. The summed E-state index contributed by atoms with van der Waals surface area (Å²) in [7, 11) is 1.61. The first kappa shape index (κ1) is 20.3. The van der Waals surface area contributed by atoms with Crippen LogP contribution in [0.1, 0.15) is 16.7 Å². The van der Waals surface area contributed by atoms with Crippen molar-refractivity contribution in [3.63, 3.8) is 0 Å². The molecule has 0 bridgehead atoms. The van der Waals surface area contributed by atoms with E-state index < -0.39 is 5.82 Å². The van der Waals surface area contributed by atoms with Gasteiger partial charge in [-0.15, -0.1) is 5.10 Å². The molecule has 28 heavy (non-hydrogen) atoms. The molecule has 0 aliphatic rings. The molecule has 1 aromatic heterocycles. The van der Waals surface area contributed by atoms with Crippen molar-refractivity contribution in [3.8, 4) is 5.69 Å². The maximum absolute atomic E-state index is 13.9. The van der Waals surface area contributed by atoms with Crippen molar-refractivity contribution in [2.24, 2.45) is 0 Å². The molecule has 1 amide bonds. The van der Waals surface area contributed by atoms with E-state index in [1.165, 1.54) is 28.8 Å². The third kappa shape index (κ3) is 4.51. The fourth-order valence-corrected chi connectivity index (χ4v) is 3.66. The topological polar surface area (TPSA) is 63.9 Å². The standard InChI is InChI=1S/C19H19ClFN5OS/c1-12-7-8-13(2)17(9-12)26-19(22-23-24-26)28-11-18(27)25(3)10-14-15(20)5-4-6-16(14)21/h4-9H,10-11H2,1-3H3. The van der Waals surface area contributed by atoms with Gasteiger partial charge >= 0.3 is 0 Å². The number of thioether (sulfide) groups is 1. The van der Waals surface area contributed by atoms with Crippen LogP contribution in [0.5, 0.6) is 0 Å². The molecule has 0 N–H and O–H groups in total. The highest BCUT2D eigenvalue weighted by Gasteiger charge is 2.17. The number of aryl methyl sites for hydroxylation is 2. The molecule has 0 spiro atoms. The van der Waals surface area contributed by atoms with Gasteiger partial charge in [-0.1, -0.05) is 41.6 Å². The zero-order valence-electron chi connectivity index (χ0n) is 15.7. The number of rotatable bonds is 6. The second kappa shape index (κ2) is 8.70. The van der Waals surface area contributed by atoms with Crippen LogP contribution >= 0.6 is 23.4 Å². The summed E-state index contributed by atoms with van der Waals surface area (Å²) in [6.07, 6.45) is 0. The lowest BCUT2D eigenvalue weighted by atomic mass is 10.1. The normalized spacial score (nSPS) is 10.9. The molecule has 9 heteroatoms. The highest BCUT2D eigenvalue weighted by Crippen LogP contribution is 2.23. The number of benzene rings is 2. The van der Waals surface area contributed by atoms with Gasteiger partial charge in [-0.25, -0.2) is 4.39 Å². The van der Waals surface area contributed by atoms with E-state index in [-0.39, 0.29) is 18.2 Å². The predicted octanol–water partition coefficient (Wildman–Crippen LogP) is 3.82. The maximum atomic E-state index is 13.9. The van der Waals surface area contributed by atoms with Gasteiger partial charge in [0.05, 0.1) is 11.4 Å². The molecule has 0 aliphatic heterocycles. The minimum absolute atomic E-state index is 0.0901. The average Bonchev–Trinajstić information content (AvgIpc) is 3.13. The van der Waals surface area contributed by atoms with Gasteiger partial charge in [0.2, 0.25) is 11.1 Å². The number of amides is 1. The first-order valence-corrected chi connectivity index (χ1v) is 9.89. The van der Waals surface area contributed by atoms with E-state index in [9.17, 15) is 9.18 Å². The van der Waals surface area contributed by atoms with E-state index in [0.717, 1.165) is 16.8 Å². The highest BCUT2D eigenvalue weighted by molar-refractivity contribution is 7.99. The summed E-state index contributed by atoms with van der Waals surface area (Å²) in [6, 6.07) is 10.5. The zero-order chi connectivity index (χ0) is 20.3. The lowest BCUT2D eigenvalue weighted by Gasteiger charge is -2.18. The molecule has 0 saturated carbocycles. The van der Waals surface area contributed by atoms with Gasteiger partial charge in [-0.05, 0) is 53.6 Å². The van der Waals surface area contributed by atoms with Gasteiger partial charge < -0.3 is 4.90 Å². The highest BCUT2D eigenvalue weighted by atomic mass is 35.5. The third-order valence-corrected chi connectivity index (χ3v) is 5.50. The quantitative estimate of drug-likeness (QED) is 0.568. The molecule has 1 heterocycles. The van der Waals surface area contributed by atoms with Crippen molar-refractivity contribution in [1.29, 1.82) is 0 Å². The molecule has 6 nitrogen and oxygen atoms in total.